The summed E-state index contributed by atoms with van der Waals surface area (Å²) in [6.07, 6.45) is -3.78. The van der Waals surface area contributed by atoms with E-state index in [9.17, 15) is 28.5 Å². The van der Waals surface area contributed by atoms with Gasteiger partial charge in [-0.05, 0) is 0 Å². The molecule has 0 aliphatic carbocycles. The number of rotatable bonds is 8. The van der Waals surface area contributed by atoms with Crippen LogP contribution in [0.1, 0.15) is 18.3 Å². The molecule has 18 nitrogen and oxygen atoms in total. The molecule has 0 saturated carbocycles. The molecule has 1 aromatic heterocycles. The van der Waals surface area contributed by atoms with Crippen molar-refractivity contribution in [2.75, 3.05) is 18.6 Å². The number of H-pyrrole nitrogens is 1. The summed E-state index contributed by atoms with van der Waals surface area (Å²) in [4.78, 5) is 54.2. The quantitative estimate of drug-likeness (QED) is 0.181. The van der Waals surface area contributed by atoms with Gasteiger partial charge in [0.25, 0.3) is 0 Å². The first kappa shape index (κ1) is 24.3. The van der Waals surface area contributed by atoms with Crippen molar-refractivity contribution in [3.63, 3.8) is 0 Å². The van der Waals surface area contributed by atoms with Crippen LogP contribution in [0.5, 0.6) is 0 Å². The highest BCUT2D eigenvalue weighted by Gasteiger charge is 2.43. The first-order valence-corrected chi connectivity index (χ1v) is 12.7. The van der Waals surface area contributed by atoms with Crippen molar-refractivity contribution in [1.82, 2.24) is 9.55 Å². The van der Waals surface area contributed by atoms with Crippen molar-refractivity contribution in [2.24, 2.45) is 10.7 Å². The van der Waals surface area contributed by atoms with E-state index in [0.29, 0.717) is 0 Å². The predicted octanol–water partition coefficient (Wildman–Crippen LogP) is -1.74. The number of nitrogens with two attached hydrogens (primary N) is 1. The zero-order valence-electron chi connectivity index (χ0n) is 15.2. The van der Waals surface area contributed by atoms with Crippen LogP contribution >= 0.6 is 23.5 Å². The average molecular weight is 509 g/mol. The number of aliphatic hydroxyl groups excluding tert-OH is 1. The van der Waals surface area contributed by atoms with E-state index in [1.54, 1.807) is 0 Å². The monoisotopic (exact) mass is 509 g/mol. The summed E-state index contributed by atoms with van der Waals surface area (Å²) in [6.45, 7) is -0.777. The lowest BCUT2D eigenvalue weighted by molar-refractivity contribution is -0.0438. The Morgan fingerprint density at radius 1 is 1.19 bits per heavy atom. The number of aromatic amines is 1. The lowest BCUT2D eigenvalue weighted by Gasteiger charge is -2.20. The van der Waals surface area contributed by atoms with Crippen molar-refractivity contribution in [1.29, 1.82) is 0 Å². The van der Waals surface area contributed by atoms with Gasteiger partial charge in [-0.2, -0.15) is 8.62 Å². The highest BCUT2D eigenvalue weighted by Crippen LogP contribution is 2.66. The number of nitrogens with zero attached hydrogens (tertiary/aromatic N) is 2. The van der Waals surface area contributed by atoms with Crippen LogP contribution in [0, 0.1) is 0 Å². The van der Waals surface area contributed by atoms with Gasteiger partial charge in [0, 0.05) is 6.42 Å². The van der Waals surface area contributed by atoms with Gasteiger partial charge in [-0.15, -0.1) is 0 Å². The minimum absolute atomic E-state index is 0.0763. The molecule has 1 fully saturated rings. The largest absolute Gasteiger partial charge is 0.490 e. The maximum Gasteiger partial charge on any atom is 0.490 e. The maximum atomic E-state index is 12.3. The second kappa shape index (κ2) is 8.51. The normalized spacial score (nSPS) is 27.6. The minimum Gasteiger partial charge on any atom is -0.390 e. The van der Waals surface area contributed by atoms with Crippen LogP contribution in [0.25, 0.3) is 0 Å². The van der Waals surface area contributed by atoms with Gasteiger partial charge < -0.3 is 45.5 Å². The number of fused-ring (bicyclic) bond motifs is 1. The van der Waals surface area contributed by atoms with E-state index in [4.69, 9.17) is 25.2 Å². The molecule has 31 heavy (non-hydrogen) atoms. The van der Waals surface area contributed by atoms with Gasteiger partial charge in [0.1, 0.15) is 36.3 Å². The van der Waals surface area contributed by atoms with E-state index < -0.39 is 54.2 Å². The van der Waals surface area contributed by atoms with Crippen molar-refractivity contribution in [3.8, 4) is 0 Å². The lowest BCUT2D eigenvalue weighted by atomic mass is 10.2. The molecule has 176 valence electrons. The molecular weight excluding hydrogens is 491 g/mol. The molecule has 2 unspecified atom stereocenters. The first-order chi connectivity index (χ1) is 14.2. The van der Waals surface area contributed by atoms with Crippen LogP contribution in [0.4, 0.5) is 5.82 Å². The summed E-state index contributed by atoms with van der Waals surface area (Å²) in [5.74, 6) is 0.329. The Labute approximate surface area is 172 Å². The number of ether oxygens (including phenoxy) is 1. The van der Waals surface area contributed by atoms with Crippen molar-refractivity contribution < 1.29 is 56.3 Å². The number of imidazole rings is 1. The Hall–Kier alpha value is -1.39. The number of aromatic nitrogens is 2. The van der Waals surface area contributed by atoms with Gasteiger partial charge in [0.05, 0.1) is 12.7 Å². The van der Waals surface area contributed by atoms with Gasteiger partial charge >= 0.3 is 29.2 Å². The maximum absolute atomic E-state index is 12.3. The van der Waals surface area contributed by atoms with Crippen LogP contribution in [-0.4, -0.2) is 65.6 Å². The summed E-state index contributed by atoms with van der Waals surface area (Å²) in [7, 11) is -16.6. The van der Waals surface area contributed by atoms with Crippen LogP contribution in [0.2, 0.25) is 0 Å². The molecule has 21 heteroatoms. The molecule has 3 rings (SSSR count). The average Bonchev–Trinajstić information content (AvgIpc) is 3.09. The van der Waals surface area contributed by atoms with Gasteiger partial charge in [0.2, 0.25) is 0 Å². The van der Waals surface area contributed by atoms with Crippen molar-refractivity contribution in [2.45, 2.75) is 24.9 Å². The first-order valence-electron chi connectivity index (χ1n) is 8.18. The van der Waals surface area contributed by atoms with Gasteiger partial charge in [0.15, 0.2) is 0 Å². The summed E-state index contributed by atoms with van der Waals surface area (Å²) in [6, 6.07) is 0. The second-order valence-electron chi connectivity index (χ2n) is 6.22. The number of amidine groups is 1. The number of aliphatic imine (C=N–C) groups is 1. The third kappa shape index (κ3) is 5.90. The fourth-order valence-electron chi connectivity index (χ4n) is 2.85. The topological polar surface area (TPSA) is 277 Å². The summed E-state index contributed by atoms with van der Waals surface area (Å²) in [5, 5.41) is 13.0. The molecule has 9 N–H and O–H groups in total. The zero-order valence-corrected chi connectivity index (χ0v) is 17.9. The minimum atomic E-state index is -5.67. The number of hydrogen-bond donors (Lipinski definition) is 8. The number of aliphatic hydroxyl groups is 1. The number of hydrogen-bond acceptors (Lipinski definition) is 12. The molecule has 2 aliphatic rings. The summed E-state index contributed by atoms with van der Waals surface area (Å²) >= 11 is 0. The van der Waals surface area contributed by atoms with Gasteiger partial charge in [-0.1, -0.05) is 0 Å². The Balaban J connectivity index is 1.66. The Morgan fingerprint density at radius 3 is 2.52 bits per heavy atom. The fourth-order valence-corrected chi connectivity index (χ4v) is 5.88. The van der Waals surface area contributed by atoms with E-state index in [-0.39, 0.29) is 30.4 Å². The SMILES string of the molecule is NC1=NCNc2c1[nH]c(=O)n2[C@H]1C[C@H](O)[C@@H](COP(=O)(O)OP(=O)(O)OP(=O)(O)O)O1. The molecule has 5 atom stereocenters. The molecule has 2 aliphatic heterocycles. The molecule has 1 aromatic rings. The predicted molar refractivity (Wildman–Crippen MR) is 98.6 cm³/mol. The zero-order chi connectivity index (χ0) is 23.2. The van der Waals surface area contributed by atoms with Gasteiger partial charge in [-0.25, -0.2) is 23.5 Å². The fraction of sp³-hybridized carbons (Fsp3) is 0.600. The Morgan fingerprint density at radius 2 is 1.87 bits per heavy atom. The standard InChI is InChI=1S/C10H18N5O13P3/c11-8-7-9(13-3-12-8)15(10(17)14-7)6-1-4(16)5(26-6)2-25-30(21,22)28-31(23,24)27-29(18,19)20/h4-6,13,16H,1-3H2,(H2,11,12)(H,14,17)(H,21,22)(H,23,24)(H2,18,19,20)/t4-,5+,6+/m0/s1. The van der Waals surface area contributed by atoms with E-state index in [0.717, 1.165) is 4.57 Å². The van der Waals surface area contributed by atoms with Gasteiger partial charge in [-0.3, -0.25) is 9.09 Å². The van der Waals surface area contributed by atoms with Crippen molar-refractivity contribution >= 4 is 35.1 Å². The van der Waals surface area contributed by atoms with Crippen LogP contribution in [0.3, 0.4) is 0 Å². The lowest BCUT2D eigenvalue weighted by Crippen LogP contribution is -2.27. The molecule has 0 bridgehead atoms. The second-order valence-corrected chi connectivity index (χ2v) is 10.6. The molecule has 0 amide bonds. The smallest absolute Gasteiger partial charge is 0.390 e. The van der Waals surface area contributed by atoms with Crippen molar-refractivity contribution in [3.05, 3.63) is 16.2 Å². The summed E-state index contributed by atoms with van der Waals surface area (Å²) < 4.78 is 51.9. The molecule has 0 radical (unpaired) electrons. The van der Waals surface area contributed by atoms with Crippen LogP contribution in [-0.2, 0) is 31.6 Å². The van der Waals surface area contributed by atoms with Crippen LogP contribution < -0.4 is 16.7 Å². The molecule has 3 heterocycles. The number of anilines is 1. The third-order valence-corrected chi connectivity index (χ3v) is 7.79. The van der Waals surface area contributed by atoms with E-state index in [1.807, 2.05) is 0 Å². The Bertz CT molecular complexity index is 1080. The number of nitrogens with one attached hydrogen (secondary N) is 2. The molecule has 0 aromatic carbocycles. The number of phosphoric ester groups is 1. The van der Waals surface area contributed by atoms with E-state index in [2.05, 4.69) is 28.4 Å². The molecule has 0 spiro atoms. The highest BCUT2D eigenvalue weighted by molar-refractivity contribution is 7.66. The summed E-state index contributed by atoms with van der Waals surface area (Å²) in [5.41, 5.74) is 5.29. The van der Waals surface area contributed by atoms with Crippen LogP contribution in [0.15, 0.2) is 9.79 Å². The van der Waals surface area contributed by atoms with E-state index >= 15 is 0 Å². The highest BCUT2D eigenvalue weighted by atomic mass is 31.3. The number of phosphoric acid groups is 3. The molecular formula is C10H18N5O13P3. The molecule has 1 saturated heterocycles. The third-order valence-electron chi connectivity index (χ3n) is 3.99. The Kier molecular flexibility index (Phi) is 6.66. The van der Waals surface area contributed by atoms with E-state index in [1.165, 1.54) is 0 Å².